The lowest BCUT2D eigenvalue weighted by molar-refractivity contribution is -0.142. The molecule has 0 unspecified atom stereocenters. The second kappa shape index (κ2) is 7.49. The van der Waals surface area contributed by atoms with Crippen LogP contribution in [-0.2, 0) is 14.4 Å². The van der Waals surface area contributed by atoms with Crippen LogP contribution in [0.5, 0.6) is 0 Å². The Morgan fingerprint density at radius 2 is 2.00 bits per heavy atom. The van der Waals surface area contributed by atoms with Gasteiger partial charge in [0.05, 0.1) is 0 Å². The van der Waals surface area contributed by atoms with Crippen molar-refractivity contribution >= 4 is 41.1 Å². The van der Waals surface area contributed by atoms with Gasteiger partial charge >= 0.3 is 5.97 Å². The number of aliphatic carboxylic acids is 1. The van der Waals surface area contributed by atoms with Crippen molar-refractivity contribution in [1.29, 1.82) is 0 Å². The highest BCUT2D eigenvalue weighted by atomic mass is 35.5. The van der Waals surface area contributed by atoms with Gasteiger partial charge in [0.2, 0.25) is 5.91 Å². The van der Waals surface area contributed by atoms with Crippen molar-refractivity contribution in [3.05, 3.63) is 46.3 Å². The predicted octanol–water partition coefficient (Wildman–Crippen LogP) is 0.525. The molecule has 1 aromatic carbocycles. The highest BCUT2D eigenvalue weighted by Gasteiger charge is 2.35. The third-order valence-electron chi connectivity index (χ3n) is 3.12. The Morgan fingerprint density at radius 3 is 2.57 bits per heavy atom. The minimum absolute atomic E-state index is 0.0392. The van der Waals surface area contributed by atoms with Gasteiger partial charge in [0.1, 0.15) is 16.4 Å². The van der Waals surface area contributed by atoms with E-state index in [1.165, 1.54) is 5.41 Å². The summed E-state index contributed by atoms with van der Waals surface area (Å²) in [4.78, 5) is 35.1. The van der Waals surface area contributed by atoms with E-state index in [1.54, 1.807) is 30.3 Å². The fraction of sp³-hybridized carbons (Fsp3) is 0.214. The van der Waals surface area contributed by atoms with Gasteiger partial charge in [-0.2, -0.15) is 0 Å². The fourth-order valence-electron chi connectivity index (χ4n) is 1.90. The molecule has 2 amide bonds. The molecule has 0 fully saturated rings. The van der Waals surface area contributed by atoms with E-state index >= 15 is 0 Å². The van der Waals surface area contributed by atoms with Crippen molar-refractivity contribution in [3.8, 4) is 0 Å². The van der Waals surface area contributed by atoms with E-state index in [1.807, 2.05) is 0 Å². The van der Waals surface area contributed by atoms with Gasteiger partial charge in [-0.25, -0.2) is 4.79 Å². The topological polar surface area (TPSA) is 122 Å². The first-order valence-electron chi connectivity index (χ1n) is 6.56. The number of carboxylic acids is 1. The second-order valence-corrected chi connectivity index (χ2v) is 6.13. The third kappa shape index (κ3) is 4.25. The van der Waals surface area contributed by atoms with Crippen LogP contribution in [0.25, 0.3) is 0 Å². The summed E-state index contributed by atoms with van der Waals surface area (Å²) in [6.07, 6.45) is 0. The molecule has 1 aliphatic rings. The van der Waals surface area contributed by atoms with Crippen LogP contribution in [0.3, 0.4) is 0 Å². The van der Waals surface area contributed by atoms with Crippen LogP contribution in [0.1, 0.15) is 11.6 Å². The van der Waals surface area contributed by atoms with Crippen molar-refractivity contribution in [3.63, 3.8) is 0 Å². The van der Waals surface area contributed by atoms with Gasteiger partial charge in [-0.15, -0.1) is 11.8 Å². The first-order valence-corrected chi connectivity index (χ1v) is 7.88. The molecule has 2 rings (SSSR count). The molecule has 23 heavy (non-hydrogen) atoms. The highest BCUT2D eigenvalue weighted by Crippen LogP contribution is 2.24. The second-order valence-electron chi connectivity index (χ2n) is 4.71. The Kier molecular flexibility index (Phi) is 5.64. The molecule has 7 nitrogen and oxygen atoms in total. The van der Waals surface area contributed by atoms with Crippen LogP contribution in [0.15, 0.2) is 40.8 Å². The lowest BCUT2D eigenvalue weighted by atomic mass is 10.1. The normalized spacial score (nSPS) is 20.0. The molecule has 9 heteroatoms. The highest BCUT2D eigenvalue weighted by molar-refractivity contribution is 8.03. The molecule has 122 valence electrons. The molecule has 1 heterocycles. The average Bonchev–Trinajstić information content (AvgIpc) is 2.55. The van der Waals surface area contributed by atoms with Crippen molar-refractivity contribution in [2.75, 3.05) is 0 Å². The summed E-state index contributed by atoms with van der Waals surface area (Å²) in [7, 11) is 0. The number of benzene rings is 1. The summed E-state index contributed by atoms with van der Waals surface area (Å²) < 4.78 is 0. The fourth-order valence-corrected chi connectivity index (χ4v) is 3.00. The molecule has 0 spiro atoms. The number of amides is 2. The number of carbonyl (C=O) groups excluding carboxylic acids is 2. The van der Waals surface area contributed by atoms with Gasteiger partial charge in [-0.05, 0) is 11.0 Å². The molecular weight excluding hydrogens is 342 g/mol. The van der Waals surface area contributed by atoms with Crippen molar-refractivity contribution < 1.29 is 19.5 Å². The number of thioether (sulfide) groups is 1. The summed E-state index contributed by atoms with van der Waals surface area (Å²) in [5.74, 6) is -2.54. The van der Waals surface area contributed by atoms with E-state index in [0.717, 1.165) is 11.8 Å². The zero-order valence-electron chi connectivity index (χ0n) is 11.7. The van der Waals surface area contributed by atoms with E-state index in [0.29, 0.717) is 5.56 Å². The number of rotatable bonds is 5. The molecule has 5 N–H and O–H groups in total. The Hall–Kier alpha value is -2.03. The SMILES string of the molecule is N[C@@H](C(=O)N[C@H](C(=O)O)[C@@H]1NC(=O)C(Cl)=CS1)c1ccccc1. The maximum Gasteiger partial charge on any atom is 0.329 e. The minimum Gasteiger partial charge on any atom is -0.480 e. The van der Waals surface area contributed by atoms with Crippen LogP contribution in [0.2, 0.25) is 0 Å². The van der Waals surface area contributed by atoms with E-state index < -0.39 is 35.2 Å². The molecule has 0 saturated heterocycles. The van der Waals surface area contributed by atoms with E-state index in [4.69, 9.17) is 17.3 Å². The first-order chi connectivity index (χ1) is 10.9. The molecule has 0 saturated carbocycles. The number of halogens is 1. The summed E-state index contributed by atoms with van der Waals surface area (Å²) >= 11 is 6.63. The summed E-state index contributed by atoms with van der Waals surface area (Å²) in [5, 5.41) is 14.5. The van der Waals surface area contributed by atoms with Crippen LogP contribution < -0.4 is 16.4 Å². The zero-order chi connectivity index (χ0) is 17.0. The van der Waals surface area contributed by atoms with Crippen LogP contribution in [0, 0.1) is 0 Å². The summed E-state index contributed by atoms with van der Waals surface area (Å²) in [6, 6.07) is 6.20. The lowest BCUT2D eigenvalue weighted by Gasteiger charge is -2.27. The van der Waals surface area contributed by atoms with E-state index in [2.05, 4.69) is 10.6 Å². The zero-order valence-corrected chi connectivity index (χ0v) is 13.3. The number of carboxylic acid groups (broad SMARTS) is 1. The molecule has 0 bridgehead atoms. The molecule has 1 aliphatic heterocycles. The Morgan fingerprint density at radius 1 is 1.35 bits per heavy atom. The summed E-state index contributed by atoms with van der Waals surface area (Å²) in [5.41, 5.74) is 6.39. The molecule has 0 aromatic heterocycles. The van der Waals surface area contributed by atoms with Gasteiger partial charge in [-0.1, -0.05) is 41.9 Å². The first kappa shape index (κ1) is 17.3. The predicted molar refractivity (Wildman–Crippen MR) is 86.4 cm³/mol. The number of nitrogens with one attached hydrogen (secondary N) is 2. The monoisotopic (exact) mass is 355 g/mol. The smallest absolute Gasteiger partial charge is 0.329 e. The third-order valence-corrected chi connectivity index (χ3v) is 4.58. The molecule has 1 aromatic rings. The maximum atomic E-state index is 12.2. The Labute approximate surface area is 141 Å². The maximum absolute atomic E-state index is 12.2. The Bertz CT molecular complexity index is 653. The molecule has 3 atom stereocenters. The Balaban J connectivity index is 2.09. The quantitative estimate of drug-likeness (QED) is 0.611. The molecular formula is C14H14ClN3O4S. The molecule has 0 radical (unpaired) electrons. The summed E-state index contributed by atoms with van der Waals surface area (Å²) in [6.45, 7) is 0. The van der Waals surface area contributed by atoms with Crippen molar-refractivity contribution in [2.45, 2.75) is 17.5 Å². The van der Waals surface area contributed by atoms with Gasteiger partial charge in [0.15, 0.2) is 6.04 Å². The van der Waals surface area contributed by atoms with Crippen LogP contribution >= 0.6 is 23.4 Å². The number of hydrogen-bond acceptors (Lipinski definition) is 5. The average molecular weight is 356 g/mol. The van der Waals surface area contributed by atoms with E-state index in [-0.39, 0.29) is 5.03 Å². The van der Waals surface area contributed by atoms with Crippen molar-refractivity contribution in [1.82, 2.24) is 10.6 Å². The van der Waals surface area contributed by atoms with Gasteiger partial charge in [0, 0.05) is 0 Å². The standard InChI is InChI=1S/C14H14ClN3O4S/c15-8-6-23-13(18-11(8)19)10(14(21)22)17-12(20)9(16)7-4-2-1-3-5-7/h1-6,9-10,13H,16H2,(H,17,20)(H,18,19)(H,21,22)/t9-,10+,13-/m1/s1. The van der Waals surface area contributed by atoms with Gasteiger partial charge in [-0.3, -0.25) is 9.59 Å². The van der Waals surface area contributed by atoms with E-state index in [9.17, 15) is 19.5 Å². The minimum atomic E-state index is -1.34. The number of carbonyl (C=O) groups is 3. The van der Waals surface area contributed by atoms with Gasteiger partial charge < -0.3 is 21.5 Å². The van der Waals surface area contributed by atoms with Crippen LogP contribution in [-0.4, -0.2) is 34.3 Å². The van der Waals surface area contributed by atoms with Gasteiger partial charge in [0.25, 0.3) is 5.91 Å². The lowest BCUT2D eigenvalue weighted by Crippen LogP contribution is -2.56. The number of hydrogen-bond donors (Lipinski definition) is 4. The van der Waals surface area contributed by atoms with Crippen LogP contribution in [0.4, 0.5) is 0 Å². The largest absolute Gasteiger partial charge is 0.480 e. The number of nitrogens with two attached hydrogens (primary N) is 1. The molecule has 0 aliphatic carbocycles. The van der Waals surface area contributed by atoms with Crippen molar-refractivity contribution in [2.24, 2.45) is 5.73 Å².